The first-order valence-electron chi connectivity index (χ1n) is 5.23. The third-order valence-electron chi connectivity index (χ3n) is 2.38. The minimum atomic E-state index is -0.228. The molecule has 0 N–H and O–H groups in total. The molecule has 0 aliphatic carbocycles. The number of carbonyl (C=O) groups is 2. The topological polar surface area (TPSA) is 40.6 Å². The van der Waals surface area contributed by atoms with Crippen molar-refractivity contribution in [3.63, 3.8) is 0 Å². The Bertz CT molecular complexity index is 477. The summed E-state index contributed by atoms with van der Waals surface area (Å²) >= 11 is 9.10. The van der Waals surface area contributed by atoms with Crippen LogP contribution in [0.25, 0.3) is 0 Å². The summed E-state index contributed by atoms with van der Waals surface area (Å²) in [5.41, 5.74) is 0.480. The molecular formula is C12H14BrClN2O2. The fourth-order valence-electron chi connectivity index (χ4n) is 1.28. The lowest BCUT2D eigenvalue weighted by Gasteiger charge is -2.19. The summed E-state index contributed by atoms with van der Waals surface area (Å²) in [6.45, 7) is 0.0426. The van der Waals surface area contributed by atoms with Gasteiger partial charge in [-0.1, -0.05) is 11.6 Å². The second-order valence-electron chi connectivity index (χ2n) is 4.07. The van der Waals surface area contributed by atoms with Gasteiger partial charge in [-0.05, 0) is 34.1 Å². The molecule has 1 aromatic rings. The highest BCUT2D eigenvalue weighted by Crippen LogP contribution is 2.22. The van der Waals surface area contributed by atoms with Crippen molar-refractivity contribution in [3.05, 3.63) is 33.3 Å². The zero-order valence-electron chi connectivity index (χ0n) is 10.4. The Morgan fingerprint density at radius 2 is 1.89 bits per heavy atom. The van der Waals surface area contributed by atoms with Gasteiger partial charge < -0.3 is 9.80 Å². The SMILES string of the molecule is CN(C)C(=O)CN(C)C(=O)c1ccc(Cl)cc1Br. The van der Waals surface area contributed by atoms with Gasteiger partial charge >= 0.3 is 0 Å². The monoisotopic (exact) mass is 332 g/mol. The third-order valence-corrected chi connectivity index (χ3v) is 3.27. The third kappa shape index (κ3) is 3.71. The number of carbonyl (C=O) groups excluding carboxylic acids is 2. The first-order valence-corrected chi connectivity index (χ1v) is 6.40. The highest BCUT2D eigenvalue weighted by Gasteiger charge is 2.18. The second kappa shape index (κ2) is 6.20. The van der Waals surface area contributed by atoms with Crippen LogP contribution in [-0.4, -0.2) is 49.3 Å². The quantitative estimate of drug-likeness (QED) is 0.851. The van der Waals surface area contributed by atoms with E-state index in [-0.39, 0.29) is 18.4 Å². The van der Waals surface area contributed by atoms with E-state index >= 15 is 0 Å². The van der Waals surface area contributed by atoms with E-state index in [0.29, 0.717) is 15.1 Å². The molecule has 0 atom stereocenters. The molecule has 2 amide bonds. The summed E-state index contributed by atoms with van der Waals surface area (Å²) in [5, 5.41) is 0.547. The Morgan fingerprint density at radius 1 is 1.28 bits per heavy atom. The second-order valence-corrected chi connectivity index (χ2v) is 5.36. The molecule has 0 spiro atoms. The van der Waals surface area contributed by atoms with E-state index in [1.807, 2.05) is 0 Å². The van der Waals surface area contributed by atoms with Crippen LogP contribution in [0.4, 0.5) is 0 Å². The number of nitrogens with zero attached hydrogens (tertiary/aromatic N) is 2. The largest absolute Gasteiger partial charge is 0.347 e. The van der Waals surface area contributed by atoms with Crippen molar-refractivity contribution in [2.75, 3.05) is 27.7 Å². The van der Waals surface area contributed by atoms with Crippen LogP contribution >= 0.6 is 27.5 Å². The highest BCUT2D eigenvalue weighted by atomic mass is 79.9. The number of rotatable bonds is 3. The van der Waals surface area contributed by atoms with E-state index in [1.54, 1.807) is 39.3 Å². The molecule has 4 nitrogen and oxygen atoms in total. The summed E-state index contributed by atoms with van der Waals surface area (Å²) in [6, 6.07) is 4.92. The molecule has 98 valence electrons. The van der Waals surface area contributed by atoms with Crippen LogP contribution < -0.4 is 0 Å². The van der Waals surface area contributed by atoms with Crippen molar-refractivity contribution < 1.29 is 9.59 Å². The van der Waals surface area contributed by atoms with Gasteiger partial charge in [0, 0.05) is 30.6 Å². The number of halogens is 2. The van der Waals surface area contributed by atoms with Gasteiger partial charge in [0.1, 0.15) is 0 Å². The molecule has 0 unspecified atom stereocenters. The predicted molar refractivity (Wildman–Crippen MR) is 74.8 cm³/mol. The van der Waals surface area contributed by atoms with E-state index in [2.05, 4.69) is 15.9 Å². The molecule has 0 aromatic heterocycles. The van der Waals surface area contributed by atoms with Gasteiger partial charge in [0.15, 0.2) is 0 Å². The molecule has 0 radical (unpaired) electrons. The van der Waals surface area contributed by atoms with Gasteiger partial charge in [-0.25, -0.2) is 0 Å². The van der Waals surface area contributed by atoms with E-state index in [9.17, 15) is 9.59 Å². The number of amides is 2. The van der Waals surface area contributed by atoms with Crippen LogP contribution in [0.2, 0.25) is 5.02 Å². The normalized spacial score (nSPS) is 10.1. The minimum absolute atomic E-state index is 0.0426. The number of benzene rings is 1. The zero-order valence-corrected chi connectivity index (χ0v) is 12.7. The molecule has 0 saturated carbocycles. The van der Waals surface area contributed by atoms with Crippen LogP contribution in [0.3, 0.4) is 0 Å². The summed E-state index contributed by atoms with van der Waals surface area (Å²) in [5.74, 6) is -0.357. The van der Waals surface area contributed by atoms with Gasteiger partial charge in [0.05, 0.1) is 12.1 Å². The van der Waals surface area contributed by atoms with Gasteiger partial charge in [0.2, 0.25) is 5.91 Å². The average molecular weight is 334 g/mol. The van der Waals surface area contributed by atoms with Crippen molar-refractivity contribution in [1.82, 2.24) is 9.80 Å². The maximum absolute atomic E-state index is 12.1. The van der Waals surface area contributed by atoms with Crippen LogP contribution in [-0.2, 0) is 4.79 Å². The van der Waals surface area contributed by atoms with E-state index < -0.39 is 0 Å². The molecule has 0 heterocycles. The Morgan fingerprint density at radius 3 is 2.39 bits per heavy atom. The smallest absolute Gasteiger partial charge is 0.255 e. The fraction of sp³-hybridized carbons (Fsp3) is 0.333. The standard InChI is InChI=1S/C12H14BrClN2O2/c1-15(2)11(17)7-16(3)12(18)9-5-4-8(14)6-10(9)13/h4-6H,7H2,1-3H3. The lowest BCUT2D eigenvalue weighted by molar-refractivity contribution is -0.129. The summed E-state index contributed by atoms with van der Waals surface area (Å²) in [7, 11) is 4.89. The Hall–Kier alpha value is -1.07. The van der Waals surface area contributed by atoms with Crippen LogP contribution in [0.5, 0.6) is 0 Å². The zero-order chi connectivity index (χ0) is 13.9. The first-order chi connectivity index (χ1) is 8.32. The molecule has 18 heavy (non-hydrogen) atoms. The van der Waals surface area contributed by atoms with Crippen molar-refractivity contribution in [1.29, 1.82) is 0 Å². The lowest BCUT2D eigenvalue weighted by atomic mass is 10.2. The summed E-state index contributed by atoms with van der Waals surface area (Å²) < 4.78 is 0.615. The summed E-state index contributed by atoms with van der Waals surface area (Å²) in [6.07, 6.45) is 0. The highest BCUT2D eigenvalue weighted by molar-refractivity contribution is 9.10. The predicted octanol–water partition coefficient (Wildman–Crippen LogP) is 2.26. The Balaban J connectivity index is 2.84. The maximum atomic E-state index is 12.1. The molecule has 0 fully saturated rings. The first kappa shape index (κ1) is 15.0. The van der Waals surface area contributed by atoms with Crippen LogP contribution in [0.15, 0.2) is 22.7 Å². The van der Waals surface area contributed by atoms with Crippen molar-refractivity contribution >= 4 is 39.3 Å². The molecule has 0 aliphatic heterocycles. The summed E-state index contributed by atoms with van der Waals surface area (Å²) in [4.78, 5) is 26.5. The molecule has 0 aliphatic rings. The molecule has 1 rings (SSSR count). The van der Waals surface area contributed by atoms with Crippen molar-refractivity contribution in [3.8, 4) is 0 Å². The lowest BCUT2D eigenvalue weighted by Crippen LogP contribution is -2.37. The van der Waals surface area contributed by atoms with Gasteiger partial charge in [-0.2, -0.15) is 0 Å². The molecule has 0 saturated heterocycles. The number of hydrogen-bond acceptors (Lipinski definition) is 2. The Kier molecular flexibility index (Phi) is 5.16. The number of likely N-dealkylation sites (N-methyl/N-ethyl adjacent to an activating group) is 2. The van der Waals surface area contributed by atoms with Crippen molar-refractivity contribution in [2.45, 2.75) is 0 Å². The fourth-order valence-corrected chi connectivity index (χ4v) is 2.14. The average Bonchev–Trinajstić information content (AvgIpc) is 2.27. The van der Waals surface area contributed by atoms with E-state index in [0.717, 1.165) is 0 Å². The van der Waals surface area contributed by atoms with E-state index in [4.69, 9.17) is 11.6 Å². The molecular weight excluding hydrogens is 320 g/mol. The van der Waals surface area contributed by atoms with Gasteiger partial charge in [-0.15, -0.1) is 0 Å². The van der Waals surface area contributed by atoms with Gasteiger partial charge in [0.25, 0.3) is 5.91 Å². The maximum Gasteiger partial charge on any atom is 0.255 e. The van der Waals surface area contributed by atoms with Crippen LogP contribution in [0, 0.1) is 0 Å². The van der Waals surface area contributed by atoms with Gasteiger partial charge in [-0.3, -0.25) is 9.59 Å². The molecule has 0 bridgehead atoms. The Labute approximate surface area is 120 Å². The molecule has 6 heteroatoms. The minimum Gasteiger partial charge on any atom is -0.347 e. The van der Waals surface area contributed by atoms with Crippen molar-refractivity contribution in [2.24, 2.45) is 0 Å². The molecule has 1 aromatic carbocycles. The van der Waals surface area contributed by atoms with Crippen LogP contribution in [0.1, 0.15) is 10.4 Å². The van der Waals surface area contributed by atoms with E-state index in [1.165, 1.54) is 9.80 Å². The number of hydrogen-bond donors (Lipinski definition) is 0.